The average molecular weight is 168 g/mol. The SMILES string of the molecule is C/C=C\C(C)[C@@H](C)/C=N\N(C)C. The zero-order chi connectivity index (χ0) is 9.56. The van der Waals surface area contributed by atoms with Gasteiger partial charge in [-0.2, -0.15) is 5.10 Å². The lowest BCUT2D eigenvalue weighted by Gasteiger charge is -2.12. The minimum absolute atomic E-state index is 0.503. The molecule has 0 aromatic rings. The van der Waals surface area contributed by atoms with E-state index in [0.717, 1.165) is 0 Å². The number of allylic oxidation sites excluding steroid dienone is 2. The van der Waals surface area contributed by atoms with Crippen LogP contribution in [0.15, 0.2) is 17.3 Å². The molecule has 0 aliphatic heterocycles. The van der Waals surface area contributed by atoms with Crippen LogP contribution in [0.5, 0.6) is 0 Å². The molecule has 0 radical (unpaired) electrons. The van der Waals surface area contributed by atoms with Gasteiger partial charge >= 0.3 is 0 Å². The molecule has 0 aliphatic carbocycles. The summed E-state index contributed by atoms with van der Waals surface area (Å²) in [5, 5.41) is 6.02. The van der Waals surface area contributed by atoms with Crippen LogP contribution in [0.3, 0.4) is 0 Å². The van der Waals surface area contributed by atoms with E-state index in [1.165, 1.54) is 0 Å². The topological polar surface area (TPSA) is 15.6 Å². The largest absolute Gasteiger partial charge is 0.303 e. The van der Waals surface area contributed by atoms with Crippen molar-refractivity contribution in [3.05, 3.63) is 12.2 Å². The quantitative estimate of drug-likeness (QED) is 0.357. The molecule has 0 fully saturated rings. The van der Waals surface area contributed by atoms with E-state index in [2.05, 4.69) is 31.1 Å². The van der Waals surface area contributed by atoms with E-state index in [4.69, 9.17) is 0 Å². The summed E-state index contributed by atoms with van der Waals surface area (Å²) in [5.41, 5.74) is 0. The van der Waals surface area contributed by atoms with Gasteiger partial charge in [0.15, 0.2) is 0 Å². The second-order valence-corrected chi connectivity index (χ2v) is 3.36. The van der Waals surface area contributed by atoms with Gasteiger partial charge in [-0.05, 0) is 18.8 Å². The minimum Gasteiger partial charge on any atom is -0.303 e. The van der Waals surface area contributed by atoms with Crippen LogP contribution in [0.2, 0.25) is 0 Å². The Morgan fingerprint density at radius 3 is 2.17 bits per heavy atom. The number of hydrogen-bond acceptors (Lipinski definition) is 2. The lowest BCUT2D eigenvalue weighted by molar-refractivity contribution is 0.433. The molecule has 2 heteroatoms. The Hall–Kier alpha value is -0.790. The maximum Gasteiger partial charge on any atom is 0.0278 e. The van der Waals surface area contributed by atoms with Crippen LogP contribution < -0.4 is 0 Å². The fourth-order valence-corrected chi connectivity index (χ4v) is 0.853. The lowest BCUT2D eigenvalue weighted by Crippen LogP contribution is -2.10. The van der Waals surface area contributed by atoms with Gasteiger partial charge in [0.25, 0.3) is 0 Å². The molecular formula is C10H20N2. The van der Waals surface area contributed by atoms with E-state index in [0.29, 0.717) is 11.8 Å². The predicted octanol–water partition coefficient (Wildman–Crippen LogP) is 2.38. The zero-order valence-electron chi connectivity index (χ0n) is 8.78. The molecule has 0 aliphatic rings. The molecule has 0 heterocycles. The first-order chi connectivity index (χ1) is 5.57. The highest BCUT2D eigenvalue weighted by atomic mass is 15.4. The Kier molecular flexibility index (Phi) is 5.43. The van der Waals surface area contributed by atoms with Crippen molar-refractivity contribution in [2.45, 2.75) is 20.8 Å². The fraction of sp³-hybridized carbons (Fsp3) is 0.700. The summed E-state index contributed by atoms with van der Waals surface area (Å²) >= 11 is 0. The highest BCUT2D eigenvalue weighted by molar-refractivity contribution is 5.60. The molecule has 0 aromatic heterocycles. The molecule has 0 N–H and O–H groups in total. The molecule has 0 amide bonds. The van der Waals surface area contributed by atoms with Gasteiger partial charge in [-0.15, -0.1) is 0 Å². The van der Waals surface area contributed by atoms with E-state index >= 15 is 0 Å². The number of rotatable bonds is 4. The van der Waals surface area contributed by atoms with Gasteiger partial charge in [-0.1, -0.05) is 26.0 Å². The van der Waals surface area contributed by atoms with Crippen molar-refractivity contribution in [1.82, 2.24) is 5.01 Å². The average Bonchev–Trinajstić information content (AvgIpc) is 2.00. The summed E-state index contributed by atoms with van der Waals surface area (Å²) in [4.78, 5) is 0. The number of hydrogen-bond donors (Lipinski definition) is 0. The number of nitrogens with zero attached hydrogens (tertiary/aromatic N) is 2. The van der Waals surface area contributed by atoms with E-state index in [1.807, 2.05) is 32.2 Å². The van der Waals surface area contributed by atoms with Crippen LogP contribution in [0.1, 0.15) is 20.8 Å². The van der Waals surface area contributed by atoms with Crippen molar-refractivity contribution in [3.63, 3.8) is 0 Å². The monoisotopic (exact) mass is 168 g/mol. The maximum atomic E-state index is 4.20. The zero-order valence-corrected chi connectivity index (χ0v) is 8.78. The molecule has 0 rings (SSSR count). The normalized spacial score (nSPS) is 17.1. The standard InChI is InChI=1S/C10H20N2/c1-6-7-9(2)10(3)8-11-12(4)5/h6-10H,1-5H3/b7-6-,11-8-/t9?,10-/m0/s1. The van der Waals surface area contributed by atoms with Gasteiger partial charge in [-0.3, -0.25) is 0 Å². The van der Waals surface area contributed by atoms with Crippen LogP contribution in [-0.4, -0.2) is 25.3 Å². The van der Waals surface area contributed by atoms with Crippen LogP contribution >= 0.6 is 0 Å². The van der Waals surface area contributed by atoms with Crippen molar-refractivity contribution < 1.29 is 0 Å². The van der Waals surface area contributed by atoms with E-state index in [1.54, 1.807) is 0 Å². The smallest absolute Gasteiger partial charge is 0.0278 e. The predicted molar refractivity (Wildman–Crippen MR) is 55.3 cm³/mol. The second-order valence-electron chi connectivity index (χ2n) is 3.36. The Morgan fingerprint density at radius 1 is 1.17 bits per heavy atom. The Morgan fingerprint density at radius 2 is 1.75 bits per heavy atom. The van der Waals surface area contributed by atoms with Gasteiger partial charge in [0.2, 0.25) is 0 Å². The molecule has 2 atom stereocenters. The molecular weight excluding hydrogens is 148 g/mol. The summed E-state index contributed by atoms with van der Waals surface area (Å²) < 4.78 is 0. The third-order valence-corrected chi connectivity index (χ3v) is 1.86. The van der Waals surface area contributed by atoms with Gasteiger partial charge in [0, 0.05) is 20.3 Å². The summed E-state index contributed by atoms with van der Waals surface area (Å²) in [5.74, 6) is 1.07. The molecule has 0 saturated heterocycles. The molecule has 70 valence electrons. The first-order valence-corrected chi connectivity index (χ1v) is 4.42. The summed E-state index contributed by atoms with van der Waals surface area (Å²) in [6.07, 6.45) is 6.28. The first-order valence-electron chi connectivity index (χ1n) is 4.42. The fourth-order valence-electron chi connectivity index (χ4n) is 0.853. The highest BCUT2D eigenvalue weighted by Crippen LogP contribution is 2.09. The van der Waals surface area contributed by atoms with Gasteiger partial charge in [-0.25, -0.2) is 0 Å². The molecule has 0 saturated carbocycles. The van der Waals surface area contributed by atoms with Crippen molar-refractivity contribution in [2.75, 3.05) is 14.1 Å². The molecule has 0 aromatic carbocycles. The Labute approximate surface area is 76.0 Å². The molecule has 2 nitrogen and oxygen atoms in total. The van der Waals surface area contributed by atoms with E-state index in [9.17, 15) is 0 Å². The third kappa shape index (κ3) is 4.94. The number of hydrazone groups is 1. The molecule has 0 spiro atoms. The van der Waals surface area contributed by atoms with Crippen LogP contribution in [0, 0.1) is 11.8 Å². The third-order valence-electron chi connectivity index (χ3n) is 1.86. The van der Waals surface area contributed by atoms with Crippen LogP contribution in [0.25, 0.3) is 0 Å². The van der Waals surface area contributed by atoms with Crippen molar-refractivity contribution in [3.8, 4) is 0 Å². The van der Waals surface area contributed by atoms with E-state index in [-0.39, 0.29) is 0 Å². The summed E-state index contributed by atoms with van der Waals surface area (Å²) in [7, 11) is 3.87. The van der Waals surface area contributed by atoms with Crippen LogP contribution in [0.4, 0.5) is 0 Å². The molecule has 1 unspecified atom stereocenters. The maximum absolute atomic E-state index is 4.20. The van der Waals surface area contributed by atoms with Crippen LogP contribution in [-0.2, 0) is 0 Å². The summed E-state index contributed by atoms with van der Waals surface area (Å²) in [6.45, 7) is 6.43. The van der Waals surface area contributed by atoms with Gasteiger partial charge < -0.3 is 5.01 Å². The first kappa shape index (κ1) is 11.2. The lowest BCUT2D eigenvalue weighted by atomic mass is 9.97. The summed E-state index contributed by atoms with van der Waals surface area (Å²) in [6, 6.07) is 0. The van der Waals surface area contributed by atoms with Gasteiger partial charge in [0.1, 0.15) is 0 Å². The van der Waals surface area contributed by atoms with Gasteiger partial charge in [0.05, 0.1) is 0 Å². The Bertz CT molecular complexity index is 159. The van der Waals surface area contributed by atoms with Crippen molar-refractivity contribution in [1.29, 1.82) is 0 Å². The second kappa shape index (κ2) is 5.81. The Balaban J connectivity index is 3.93. The van der Waals surface area contributed by atoms with E-state index < -0.39 is 0 Å². The minimum atomic E-state index is 0.503. The highest BCUT2D eigenvalue weighted by Gasteiger charge is 2.04. The molecule has 0 bridgehead atoms. The van der Waals surface area contributed by atoms with Crippen molar-refractivity contribution >= 4 is 6.21 Å². The van der Waals surface area contributed by atoms with Crippen molar-refractivity contribution in [2.24, 2.45) is 16.9 Å². The molecule has 12 heavy (non-hydrogen) atoms.